The zero-order valence-electron chi connectivity index (χ0n) is 16.5. The second-order valence-electron chi connectivity index (χ2n) is 6.55. The molecule has 0 aliphatic rings. The maximum atomic E-state index is 5.91. The molecule has 4 aromatic rings. The molecule has 4 rings (SSSR count). The maximum Gasteiger partial charge on any atom is 0.191 e. The third-order valence-electron chi connectivity index (χ3n) is 4.80. The highest BCUT2D eigenvalue weighted by atomic mass is 35.5. The Hall–Kier alpha value is -2.44. The number of hydrogen-bond acceptors (Lipinski definition) is 4. The quantitative estimate of drug-likeness (QED) is 0.265. The highest BCUT2D eigenvalue weighted by molar-refractivity contribution is 7.99. The van der Waals surface area contributed by atoms with Gasteiger partial charge < -0.3 is 13.9 Å². The van der Waals surface area contributed by atoms with Crippen molar-refractivity contribution in [2.45, 2.75) is 32.1 Å². The van der Waals surface area contributed by atoms with Crippen molar-refractivity contribution in [2.24, 2.45) is 0 Å². The molecule has 0 aliphatic heterocycles. The molecule has 0 atom stereocenters. The van der Waals surface area contributed by atoms with E-state index in [0.29, 0.717) is 11.6 Å². The van der Waals surface area contributed by atoms with Crippen LogP contribution >= 0.6 is 23.4 Å². The summed E-state index contributed by atoms with van der Waals surface area (Å²) in [5.41, 5.74) is 2.35. The molecule has 0 amide bonds. The minimum Gasteiger partial charge on any atom is -0.493 e. The third-order valence-corrected chi connectivity index (χ3v) is 5.98. The Morgan fingerprint density at radius 1 is 1.00 bits per heavy atom. The largest absolute Gasteiger partial charge is 0.493 e. The van der Waals surface area contributed by atoms with Gasteiger partial charge in [-0.1, -0.05) is 41.6 Å². The summed E-state index contributed by atoms with van der Waals surface area (Å²) in [6, 6.07) is 15.9. The number of rotatable bonds is 8. The second-order valence-corrected chi connectivity index (χ2v) is 8.05. The van der Waals surface area contributed by atoms with Gasteiger partial charge in [0.2, 0.25) is 0 Å². The molecule has 0 bridgehead atoms. The first kappa shape index (κ1) is 19.9. The van der Waals surface area contributed by atoms with Gasteiger partial charge in [0.1, 0.15) is 5.75 Å². The van der Waals surface area contributed by atoms with Crippen LogP contribution in [0.25, 0.3) is 22.3 Å². The van der Waals surface area contributed by atoms with E-state index in [4.69, 9.17) is 16.3 Å². The maximum absolute atomic E-state index is 5.91. The Bertz CT molecular complexity index is 1100. The molecule has 7 heteroatoms. The molecule has 0 saturated carbocycles. The molecule has 150 valence electrons. The van der Waals surface area contributed by atoms with Crippen molar-refractivity contribution in [3.05, 3.63) is 59.8 Å². The predicted octanol–water partition coefficient (Wildman–Crippen LogP) is 5.76. The van der Waals surface area contributed by atoms with Gasteiger partial charge in [-0.15, -0.1) is 10.2 Å². The molecule has 0 saturated heterocycles. The van der Waals surface area contributed by atoms with Crippen LogP contribution in [0.3, 0.4) is 0 Å². The first-order valence-corrected chi connectivity index (χ1v) is 11.1. The Balaban J connectivity index is 1.51. The molecule has 2 aromatic heterocycles. The lowest BCUT2D eigenvalue weighted by atomic mass is 10.1. The molecular formula is C22H23ClN4OS. The van der Waals surface area contributed by atoms with Gasteiger partial charge in [0, 0.05) is 46.5 Å². The van der Waals surface area contributed by atoms with Crippen LogP contribution in [-0.2, 0) is 13.1 Å². The lowest BCUT2D eigenvalue weighted by Gasteiger charge is -2.08. The number of hydrogen-bond donors (Lipinski definition) is 0. The summed E-state index contributed by atoms with van der Waals surface area (Å²) in [5, 5.41) is 11.8. The molecule has 2 heterocycles. The number of aromatic nitrogens is 4. The van der Waals surface area contributed by atoms with Gasteiger partial charge >= 0.3 is 0 Å². The summed E-state index contributed by atoms with van der Waals surface area (Å²) < 4.78 is 10.2. The first-order valence-electron chi connectivity index (χ1n) is 9.73. The number of fused-ring (bicyclic) bond motifs is 1. The molecule has 0 N–H and O–H groups in total. The molecule has 29 heavy (non-hydrogen) atoms. The first-order chi connectivity index (χ1) is 14.2. The lowest BCUT2D eigenvalue weighted by Crippen LogP contribution is -2.03. The fourth-order valence-corrected chi connectivity index (χ4v) is 4.33. The van der Waals surface area contributed by atoms with E-state index in [9.17, 15) is 0 Å². The highest BCUT2D eigenvalue weighted by Crippen LogP contribution is 2.31. The Morgan fingerprint density at radius 3 is 2.55 bits per heavy atom. The van der Waals surface area contributed by atoms with E-state index < -0.39 is 0 Å². The van der Waals surface area contributed by atoms with Crippen molar-refractivity contribution in [3.63, 3.8) is 0 Å². The van der Waals surface area contributed by atoms with Gasteiger partial charge in [0.15, 0.2) is 11.0 Å². The van der Waals surface area contributed by atoms with Crippen molar-refractivity contribution in [1.82, 2.24) is 19.3 Å². The number of aryl methyl sites for hydroxylation is 1. The molecule has 5 nitrogen and oxygen atoms in total. The summed E-state index contributed by atoms with van der Waals surface area (Å²) in [6.45, 7) is 6.61. The van der Waals surface area contributed by atoms with Crippen LogP contribution in [0.5, 0.6) is 5.75 Å². The van der Waals surface area contributed by atoms with Crippen LogP contribution in [0, 0.1) is 0 Å². The van der Waals surface area contributed by atoms with Crippen LogP contribution in [0.15, 0.2) is 59.9 Å². The summed E-state index contributed by atoms with van der Waals surface area (Å²) in [4.78, 5) is 0. The van der Waals surface area contributed by atoms with E-state index in [-0.39, 0.29) is 0 Å². The number of thioether (sulfide) groups is 1. The second kappa shape index (κ2) is 8.93. The van der Waals surface area contributed by atoms with Gasteiger partial charge in [-0.05, 0) is 44.2 Å². The van der Waals surface area contributed by atoms with Gasteiger partial charge in [0.25, 0.3) is 0 Å². The van der Waals surface area contributed by atoms with Crippen LogP contribution in [0.4, 0.5) is 0 Å². The molecule has 0 fully saturated rings. The minimum absolute atomic E-state index is 0.591. The molecule has 0 radical (unpaired) electrons. The van der Waals surface area contributed by atoms with Crippen molar-refractivity contribution in [1.29, 1.82) is 0 Å². The molecule has 0 aliphatic carbocycles. The fourth-order valence-electron chi connectivity index (χ4n) is 3.39. The van der Waals surface area contributed by atoms with E-state index in [1.165, 1.54) is 10.9 Å². The minimum atomic E-state index is 0.591. The molecule has 0 unspecified atom stereocenters. The van der Waals surface area contributed by atoms with Crippen molar-refractivity contribution in [2.75, 3.05) is 12.4 Å². The van der Waals surface area contributed by atoms with Crippen molar-refractivity contribution >= 4 is 34.3 Å². The normalized spacial score (nSPS) is 11.3. The van der Waals surface area contributed by atoms with Crippen LogP contribution < -0.4 is 4.74 Å². The zero-order chi connectivity index (χ0) is 20.2. The van der Waals surface area contributed by atoms with Gasteiger partial charge in [-0.3, -0.25) is 0 Å². The molecule has 2 aromatic carbocycles. The van der Waals surface area contributed by atoms with E-state index in [0.717, 1.165) is 41.1 Å². The highest BCUT2D eigenvalue weighted by Gasteiger charge is 2.17. The zero-order valence-corrected chi connectivity index (χ0v) is 18.1. The average molecular weight is 427 g/mol. The van der Waals surface area contributed by atoms with Gasteiger partial charge in [-0.2, -0.15) is 0 Å². The standard InChI is InChI=1S/C22H23ClN4OS/c1-3-26-15-19(18-7-5-6-8-20(18)26)21-24-25-22(27(21)4-2)29-14-13-28-17-11-9-16(23)10-12-17/h5-12,15H,3-4,13-14H2,1-2H3. The van der Waals surface area contributed by atoms with Crippen LogP contribution in [0.2, 0.25) is 5.02 Å². The summed E-state index contributed by atoms with van der Waals surface area (Å²) in [5.74, 6) is 2.52. The predicted molar refractivity (Wildman–Crippen MR) is 120 cm³/mol. The van der Waals surface area contributed by atoms with E-state index in [2.05, 4.69) is 63.6 Å². The Morgan fingerprint density at radius 2 is 1.79 bits per heavy atom. The topological polar surface area (TPSA) is 44.9 Å². The SMILES string of the molecule is CCn1c(SCCOc2ccc(Cl)cc2)nnc1-c1cn(CC)c2ccccc12. The average Bonchev–Trinajstić information content (AvgIpc) is 3.33. The lowest BCUT2D eigenvalue weighted by molar-refractivity contribution is 0.344. The smallest absolute Gasteiger partial charge is 0.191 e. The van der Waals surface area contributed by atoms with E-state index >= 15 is 0 Å². The number of para-hydroxylation sites is 1. The Labute approximate surface area is 179 Å². The van der Waals surface area contributed by atoms with Crippen LogP contribution in [0.1, 0.15) is 13.8 Å². The van der Waals surface area contributed by atoms with E-state index in [1.807, 2.05) is 24.3 Å². The van der Waals surface area contributed by atoms with E-state index in [1.54, 1.807) is 11.8 Å². The number of nitrogens with zero attached hydrogens (tertiary/aromatic N) is 4. The van der Waals surface area contributed by atoms with Gasteiger partial charge in [0.05, 0.1) is 6.61 Å². The fraction of sp³-hybridized carbons (Fsp3) is 0.273. The number of ether oxygens (including phenoxy) is 1. The molecule has 0 spiro atoms. The number of halogens is 1. The summed E-state index contributed by atoms with van der Waals surface area (Å²) >= 11 is 7.57. The van der Waals surface area contributed by atoms with Crippen molar-refractivity contribution in [3.8, 4) is 17.1 Å². The Kier molecular flexibility index (Phi) is 6.11. The summed E-state index contributed by atoms with van der Waals surface area (Å²) in [7, 11) is 0. The van der Waals surface area contributed by atoms with Crippen LogP contribution in [-0.4, -0.2) is 31.7 Å². The van der Waals surface area contributed by atoms with Gasteiger partial charge in [-0.25, -0.2) is 0 Å². The molecular weight excluding hydrogens is 404 g/mol. The third kappa shape index (κ3) is 4.14. The van der Waals surface area contributed by atoms with Crippen molar-refractivity contribution < 1.29 is 4.74 Å². The number of benzene rings is 2. The monoisotopic (exact) mass is 426 g/mol. The summed E-state index contributed by atoms with van der Waals surface area (Å²) in [6.07, 6.45) is 2.18.